The van der Waals surface area contributed by atoms with Gasteiger partial charge in [-0.3, -0.25) is 4.79 Å². The fourth-order valence-corrected chi connectivity index (χ4v) is 2.95. The Kier molecular flexibility index (Phi) is 6.86. The topological polar surface area (TPSA) is 91.6 Å². The monoisotopic (exact) mass is 387 g/mol. The summed E-state index contributed by atoms with van der Waals surface area (Å²) in [5, 5.41) is 2.49. The minimum atomic E-state index is -4.42. The Morgan fingerprint density at radius 3 is 2.41 bits per heavy atom. The number of amides is 3. The van der Waals surface area contributed by atoms with Gasteiger partial charge in [0.15, 0.2) is 0 Å². The molecule has 1 aromatic rings. The summed E-state index contributed by atoms with van der Waals surface area (Å²) in [4.78, 5) is 31.1. The third-order valence-electron chi connectivity index (χ3n) is 4.45. The number of nitrogens with zero attached hydrogens (tertiary/aromatic N) is 3. The van der Waals surface area contributed by atoms with Gasteiger partial charge in [-0.15, -0.1) is 0 Å². The van der Waals surface area contributed by atoms with Crippen molar-refractivity contribution in [3.63, 3.8) is 0 Å². The molecule has 3 N–H and O–H groups in total. The molecule has 1 atom stereocenters. The summed E-state index contributed by atoms with van der Waals surface area (Å²) in [6.45, 7) is 3.67. The minimum absolute atomic E-state index is 0.192. The number of alkyl halides is 3. The first-order valence-electron chi connectivity index (χ1n) is 8.85. The van der Waals surface area contributed by atoms with Crippen molar-refractivity contribution in [1.29, 1.82) is 0 Å². The van der Waals surface area contributed by atoms with Crippen LogP contribution < -0.4 is 16.0 Å². The van der Waals surface area contributed by atoms with Crippen molar-refractivity contribution in [2.45, 2.75) is 38.4 Å². The molecule has 7 nitrogen and oxygen atoms in total. The van der Waals surface area contributed by atoms with E-state index in [1.807, 2.05) is 11.8 Å². The summed E-state index contributed by atoms with van der Waals surface area (Å²) in [6.07, 6.45) is -1.43. The first-order chi connectivity index (χ1) is 12.7. The number of rotatable bonds is 6. The fourth-order valence-electron chi connectivity index (χ4n) is 2.95. The number of carbonyl (C=O) groups excluding carboxylic acids is 2. The number of piperazine rings is 1. The zero-order valence-corrected chi connectivity index (χ0v) is 15.1. The zero-order valence-electron chi connectivity index (χ0n) is 15.1. The highest BCUT2D eigenvalue weighted by atomic mass is 19.4. The quantitative estimate of drug-likeness (QED) is 0.781. The summed E-state index contributed by atoms with van der Waals surface area (Å²) in [6, 6.07) is 0.936. The van der Waals surface area contributed by atoms with E-state index in [0.29, 0.717) is 38.4 Å². The van der Waals surface area contributed by atoms with Crippen LogP contribution in [0.2, 0.25) is 0 Å². The molecule has 0 aliphatic carbocycles. The van der Waals surface area contributed by atoms with E-state index >= 15 is 0 Å². The van der Waals surface area contributed by atoms with Crippen molar-refractivity contribution in [2.24, 2.45) is 5.73 Å². The molecule has 0 aromatic carbocycles. The van der Waals surface area contributed by atoms with Crippen molar-refractivity contribution < 1.29 is 22.8 Å². The van der Waals surface area contributed by atoms with Crippen molar-refractivity contribution >= 4 is 17.8 Å². The van der Waals surface area contributed by atoms with E-state index < -0.39 is 23.8 Å². The first-order valence-corrected chi connectivity index (χ1v) is 8.85. The Morgan fingerprint density at radius 2 is 1.93 bits per heavy atom. The van der Waals surface area contributed by atoms with Gasteiger partial charge in [0, 0.05) is 32.4 Å². The smallest absolute Gasteiger partial charge is 0.353 e. The number of urea groups is 1. The second-order valence-corrected chi connectivity index (χ2v) is 6.42. The van der Waals surface area contributed by atoms with Crippen LogP contribution in [0.4, 0.5) is 23.8 Å². The van der Waals surface area contributed by atoms with Crippen LogP contribution in [-0.4, -0.2) is 54.0 Å². The Balaban J connectivity index is 1.95. The predicted molar refractivity (Wildman–Crippen MR) is 94.1 cm³/mol. The van der Waals surface area contributed by atoms with E-state index in [0.717, 1.165) is 25.1 Å². The van der Waals surface area contributed by atoms with Gasteiger partial charge in [0.25, 0.3) is 0 Å². The molecule has 2 rings (SSSR count). The molecular weight excluding hydrogens is 363 g/mol. The third-order valence-corrected chi connectivity index (χ3v) is 4.45. The van der Waals surface area contributed by atoms with Crippen LogP contribution in [0, 0.1) is 0 Å². The lowest BCUT2D eigenvalue weighted by Gasteiger charge is -2.37. The molecule has 150 valence electrons. The van der Waals surface area contributed by atoms with Gasteiger partial charge in [0.05, 0.1) is 5.56 Å². The highest BCUT2D eigenvalue weighted by Crippen LogP contribution is 2.29. The van der Waals surface area contributed by atoms with Gasteiger partial charge >= 0.3 is 12.2 Å². The lowest BCUT2D eigenvalue weighted by atomic mass is 10.1. The number of anilines is 1. The molecule has 0 saturated carbocycles. The van der Waals surface area contributed by atoms with Gasteiger partial charge in [-0.25, -0.2) is 9.78 Å². The van der Waals surface area contributed by atoms with E-state index in [1.54, 1.807) is 4.90 Å². The molecular formula is C17H24F3N5O2. The van der Waals surface area contributed by atoms with Gasteiger partial charge in [-0.2, -0.15) is 13.2 Å². The molecule has 1 aromatic heterocycles. The highest BCUT2D eigenvalue weighted by Gasteiger charge is 2.32. The summed E-state index contributed by atoms with van der Waals surface area (Å²) >= 11 is 0. The van der Waals surface area contributed by atoms with Gasteiger partial charge in [0.2, 0.25) is 5.91 Å². The molecule has 1 aliphatic rings. The summed E-state index contributed by atoms with van der Waals surface area (Å²) in [5.74, 6) is 0.246. The molecule has 0 spiro atoms. The number of hydrogen-bond donors (Lipinski definition) is 2. The first kappa shape index (κ1) is 20.8. The second-order valence-electron chi connectivity index (χ2n) is 6.42. The molecule has 10 heteroatoms. The van der Waals surface area contributed by atoms with Crippen LogP contribution in [0.25, 0.3) is 0 Å². The normalized spacial score (nSPS) is 16.1. The number of halogens is 3. The Morgan fingerprint density at radius 1 is 1.26 bits per heavy atom. The molecule has 2 heterocycles. The number of hydrogen-bond acceptors (Lipinski definition) is 4. The van der Waals surface area contributed by atoms with Crippen molar-refractivity contribution in [2.75, 3.05) is 31.1 Å². The number of aromatic nitrogens is 1. The maximum absolute atomic E-state index is 12.6. The molecule has 1 unspecified atom stereocenters. The maximum atomic E-state index is 12.6. The lowest BCUT2D eigenvalue weighted by Crippen LogP contribution is -2.55. The molecule has 0 radical (unpaired) electrons. The standard InChI is InChI=1S/C17H24F3N5O2/c1-2-3-4-13(23-16(21)27)15(26)25-9-7-24(8-10-25)14-6-5-12(11-22-14)17(18,19)20/h5-6,11,13H,2-4,7-10H2,1H3,(H3,21,23,27). The third kappa shape index (κ3) is 5.73. The summed E-state index contributed by atoms with van der Waals surface area (Å²) in [7, 11) is 0. The van der Waals surface area contributed by atoms with Crippen LogP contribution in [0.15, 0.2) is 18.3 Å². The average Bonchev–Trinajstić information content (AvgIpc) is 2.64. The fraction of sp³-hybridized carbons (Fsp3) is 0.588. The van der Waals surface area contributed by atoms with E-state index in [9.17, 15) is 22.8 Å². The van der Waals surface area contributed by atoms with Gasteiger partial charge in [0.1, 0.15) is 11.9 Å². The van der Waals surface area contributed by atoms with E-state index in [1.165, 1.54) is 6.07 Å². The van der Waals surface area contributed by atoms with Crippen LogP contribution >= 0.6 is 0 Å². The molecule has 1 saturated heterocycles. The second kappa shape index (κ2) is 8.92. The number of unbranched alkanes of at least 4 members (excludes halogenated alkanes) is 1. The van der Waals surface area contributed by atoms with E-state index in [2.05, 4.69) is 10.3 Å². The molecule has 1 aliphatic heterocycles. The Labute approximate surface area is 155 Å². The van der Waals surface area contributed by atoms with E-state index in [4.69, 9.17) is 5.73 Å². The zero-order chi connectivity index (χ0) is 20.0. The number of carbonyl (C=O) groups is 2. The Hall–Kier alpha value is -2.52. The van der Waals surface area contributed by atoms with Crippen LogP contribution in [0.5, 0.6) is 0 Å². The van der Waals surface area contributed by atoms with Crippen molar-refractivity contribution in [3.05, 3.63) is 23.9 Å². The van der Waals surface area contributed by atoms with Crippen molar-refractivity contribution in [3.8, 4) is 0 Å². The Bertz CT molecular complexity index is 643. The number of nitrogens with two attached hydrogens (primary N) is 1. The van der Waals surface area contributed by atoms with Crippen LogP contribution in [0.1, 0.15) is 31.7 Å². The van der Waals surface area contributed by atoms with Gasteiger partial charge in [-0.1, -0.05) is 19.8 Å². The van der Waals surface area contributed by atoms with Crippen LogP contribution in [-0.2, 0) is 11.0 Å². The van der Waals surface area contributed by atoms with Crippen LogP contribution in [0.3, 0.4) is 0 Å². The highest BCUT2D eigenvalue weighted by molar-refractivity contribution is 5.86. The lowest BCUT2D eigenvalue weighted by molar-refractivity contribution is -0.138. The molecule has 1 fully saturated rings. The summed E-state index contributed by atoms with van der Waals surface area (Å²) in [5.41, 5.74) is 4.36. The largest absolute Gasteiger partial charge is 0.417 e. The molecule has 0 bridgehead atoms. The van der Waals surface area contributed by atoms with Crippen molar-refractivity contribution in [1.82, 2.24) is 15.2 Å². The SMILES string of the molecule is CCCCC(NC(N)=O)C(=O)N1CCN(c2ccc(C(F)(F)F)cn2)CC1. The molecule has 27 heavy (non-hydrogen) atoms. The minimum Gasteiger partial charge on any atom is -0.353 e. The number of primary amides is 1. The van der Waals surface area contributed by atoms with Gasteiger partial charge < -0.3 is 20.9 Å². The number of nitrogens with one attached hydrogen (secondary N) is 1. The predicted octanol–water partition coefficient (Wildman–Crippen LogP) is 1.98. The molecule has 3 amide bonds. The average molecular weight is 387 g/mol. The summed E-state index contributed by atoms with van der Waals surface area (Å²) < 4.78 is 37.9. The maximum Gasteiger partial charge on any atom is 0.417 e. The van der Waals surface area contributed by atoms with Gasteiger partial charge in [-0.05, 0) is 18.6 Å². The number of pyridine rings is 1. The van der Waals surface area contributed by atoms with E-state index in [-0.39, 0.29) is 5.91 Å².